The molecule has 3 aromatic rings. The first-order chi connectivity index (χ1) is 14.0. The fourth-order valence-corrected chi connectivity index (χ4v) is 2.92. The Morgan fingerprint density at radius 3 is 2.24 bits per heavy atom. The molecule has 29 heavy (non-hydrogen) atoms. The van der Waals surface area contributed by atoms with Gasteiger partial charge in [0.2, 0.25) is 5.88 Å². The monoisotopic (exact) mass is 388 g/mol. The van der Waals surface area contributed by atoms with Gasteiger partial charge in [0.1, 0.15) is 11.3 Å². The first kappa shape index (κ1) is 18.2. The zero-order valence-electron chi connectivity index (χ0n) is 15.3. The molecule has 0 saturated carbocycles. The molecule has 8 nitrogen and oxygen atoms in total. The Hall–Kier alpha value is -4.20. The number of rotatable bonds is 4. The molecule has 144 valence electrons. The Morgan fingerprint density at radius 1 is 1.00 bits per heavy atom. The summed E-state index contributed by atoms with van der Waals surface area (Å²) in [5, 5.41) is 11.5. The van der Waals surface area contributed by atoms with Crippen LogP contribution in [0.4, 0.5) is 0 Å². The molecular weight excluding hydrogens is 372 g/mol. The number of benzene rings is 2. The molecule has 1 aliphatic heterocycles. The van der Waals surface area contributed by atoms with Crippen LogP contribution in [-0.4, -0.2) is 22.2 Å². The average molecular weight is 388 g/mol. The van der Waals surface area contributed by atoms with Crippen LogP contribution < -0.4 is 26.7 Å². The van der Waals surface area contributed by atoms with Crippen molar-refractivity contribution in [3.05, 3.63) is 103 Å². The van der Waals surface area contributed by atoms with Crippen LogP contribution in [0.2, 0.25) is 0 Å². The van der Waals surface area contributed by atoms with E-state index in [1.54, 1.807) is 43.5 Å². The zero-order chi connectivity index (χ0) is 20.4. The fraction of sp³-hybridized carbons (Fsp3) is 0.0476. The number of H-pyrrole nitrogens is 2. The van der Waals surface area contributed by atoms with Gasteiger partial charge in [-0.2, -0.15) is 0 Å². The van der Waals surface area contributed by atoms with Crippen molar-refractivity contribution < 1.29 is 9.84 Å². The molecule has 0 amide bonds. The number of hydrogen-bond acceptors (Lipinski definition) is 6. The molecule has 2 aromatic carbocycles. The van der Waals surface area contributed by atoms with E-state index in [2.05, 4.69) is 20.0 Å². The zero-order valence-corrected chi connectivity index (χ0v) is 15.3. The molecule has 0 saturated heterocycles. The maximum Gasteiger partial charge on any atom is 0.328 e. The van der Waals surface area contributed by atoms with Gasteiger partial charge in [0.25, 0.3) is 5.56 Å². The number of allylic oxidation sites excluding steroid dienone is 2. The number of methoxy groups -OCH3 is 1. The maximum absolute atomic E-state index is 12.4. The Labute approximate surface area is 163 Å². The second kappa shape index (κ2) is 7.43. The van der Waals surface area contributed by atoms with E-state index in [9.17, 15) is 14.7 Å². The molecule has 4 rings (SSSR count). The van der Waals surface area contributed by atoms with Crippen LogP contribution in [0.15, 0.2) is 80.0 Å². The van der Waals surface area contributed by atoms with E-state index in [1.807, 2.05) is 24.3 Å². The minimum atomic E-state index is -0.802. The summed E-state index contributed by atoms with van der Waals surface area (Å²) < 4.78 is 5.15. The van der Waals surface area contributed by atoms with Crippen LogP contribution in [0.25, 0.3) is 11.6 Å². The number of aromatic hydroxyl groups is 1. The minimum Gasteiger partial charge on any atom is -0.497 e. The number of aromatic amines is 2. The van der Waals surface area contributed by atoms with Crippen molar-refractivity contribution in [1.82, 2.24) is 9.97 Å². The summed E-state index contributed by atoms with van der Waals surface area (Å²) in [4.78, 5) is 37.1. The lowest BCUT2D eigenvalue weighted by Gasteiger charge is -2.05. The van der Waals surface area contributed by atoms with Gasteiger partial charge in [0, 0.05) is 5.57 Å². The van der Waals surface area contributed by atoms with E-state index in [-0.39, 0.29) is 17.0 Å². The van der Waals surface area contributed by atoms with Gasteiger partial charge in [-0.25, -0.2) is 14.8 Å². The second-order valence-electron chi connectivity index (χ2n) is 6.19. The van der Waals surface area contributed by atoms with Crippen LogP contribution in [0.1, 0.15) is 11.1 Å². The van der Waals surface area contributed by atoms with Crippen LogP contribution >= 0.6 is 0 Å². The summed E-state index contributed by atoms with van der Waals surface area (Å²) in [6.07, 6.45) is 3.37. The van der Waals surface area contributed by atoms with E-state index in [0.29, 0.717) is 16.5 Å². The predicted molar refractivity (Wildman–Crippen MR) is 107 cm³/mol. The lowest BCUT2D eigenvalue weighted by Crippen LogP contribution is -2.24. The van der Waals surface area contributed by atoms with Crippen molar-refractivity contribution in [1.29, 1.82) is 0 Å². The SMILES string of the molecule is COc1ccc(/C=C/C(=C2N=c3ccccc3=N2)c2c(O)[nH]c(=O)[nH]c2=O)cc1. The van der Waals surface area contributed by atoms with Crippen molar-refractivity contribution >= 4 is 11.6 Å². The van der Waals surface area contributed by atoms with Crippen LogP contribution in [0, 0.1) is 0 Å². The number of para-hydroxylation sites is 2. The topological polar surface area (TPSA) is 120 Å². The van der Waals surface area contributed by atoms with Gasteiger partial charge in [0.05, 0.1) is 17.8 Å². The first-order valence-corrected chi connectivity index (χ1v) is 8.70. The molecule has 0 unspecified atom stereocenters. The maximum atomic E-state index is 12.4. The molecule has 1 aliphatic rings. The summed E-state index contributed by atoms with van der Waals surface area (Å²) in [5.74, 6) is 0.414. The van der Waals surface area contributed by atoms with Crippen molar-refractivity contribution in [2.24, 2.45) is 9.98 Å². The molecule has 1 aromatic heterocycles. The highest BCUT2D eigenvalue weighted by Crippen LogP contribution is 2.26. The lowest BCUT2D eigenvalue weighted by atomic mass is 10.1. The molecule has 8 heteroatoms. The normalized spacial score (nSPS) is 12.4. The quantitative estimate of drug-likeness (QED) is 0.620. The van der Waals surface area contributed by atoms with E-state index in [4.69, 9.17) is 4.74 Å². The third kappa shape index (κ3) is 3.63. The highest BCUT2D eigenvalue weighted by Gasteiger charge is 2.18. The Bertz CT molecular complexity index is 1340. The number of hydrogen-bond donors (Lipinski definition) is 3. The molecule has 0 radical (unpaired) electrons. The highest BCUT2D eigenvalue weighted by molar-refractivity contribution is 5.82. The summed E-state index contributed by atoms with van der Waals surface area (Å²) in [6, 6.07) is 14.5. The van der Waals surface area contributed by atoms with Crippen LogP contribution in [0.5, 0.6) is 11.6 Å². The summed E-state index contributed by atoms with van der Waals surface area (Å²) in [6.45, 7) is 0. The highest BCUT2D eigenvalue weighted by atomic mass is 16.5. The number of aromatic nitrogens is 2. The Balaban J connectivity index is 1.90. The summed E-state index contributed by atoms with van der Waals surface area (Å²) in [5.41, 5.74) is -0.561. The van der Waals surface area contributed by atoms with Gasteiger partial charge >= 0.3 is 5.69 Å². The third-order valence-electron chi connectivity index (χ3n) is 4.33. The van der Waals surface area contributed by atoms with Gasteiger partial charge < -0.3 is 9.84 Å². The van der Waals surface area contributed by atoms with Gasteiger partial charge in [-0.05, 0) is 35.9 Å². The standard InChI is InChI=1S/C21H16N4O4/c1-29-13-9-6-12(7-10-13)8-11-14(17-19(26)24-21(28)25-20(17)27)18-22-15-4-2-3-5-16(15)23-18/h2-11H,1H3,(H3,24,25,26,27,28)/b11-8+. The average Bonchev–Trinajstić information content (AvgIpc) is 3.14. The molecule has 3 N–H and O–H groups in total. The number of ether oxygens (including phenoxy) is 1. The first-order valence-electron chi connectivity index (χ1n) is 8.70. The summed E-state index contributed by atoms with van der Waals surface area (Å²) in [7, 11) is 1.58. The molecule has 0 atom stereocenters. The van der Waals surface area contributed by atoms with Gasteiger partial charge in [-0.15, -0.1) is 0 Å². The number of fused-ring (bicyclic) bond motifs is 1. The molecule has 0 aliphatic carbocycles. The van der Waals surface area contributed by atoms with Crippen molar-refractivity contribution in [2.45, 2.75) is 0 Å². The van der Waals surface area contributed by atoms with Gasteiger partial charge in [0.15, 0.2) is 5.82 Å². The van der Waals surface area contributed by atoms with E-state index < -0.39 is 17.1 Å². The van der Waals surface area contributed by atoms with Gasteiger partial charge in [-0.1, -0.05) is 30.3 Å². The van der Waals surface area contributed by atoms with Crippen LogP contribution in [0.3, 0.4) is 0 Å². The fourth-order valence-electron chi connectivity index (χ4n) is 2.92. The van der Waals surface area contributed by atoms with Gasteiger partial charge in [-0.3, -0.25) is 14.8 Å². The smallest absolute Gasteiger partial charge is 0.328 e. The minimum absolute atomic E-state index is 0.121. The van der Waals surface area contributed by atoms with E-state index in [1.165, 1.54) is 0 Å². The number of nitrogens with one attached hydrogen (secondary N) is 2. The largest absolute Gasteiger partial charge is 0.497 e. The van der Waals surface area contributed by atoms with Crippen molar-refractivity contribution in [3.8, 4) is 11.6 Å². The molecule has 0 spiro atoms. The molecule has 0 bridgehead atoms. The van der Waals surface area contributed by atoms with Crippen molar-refractivity contribution in [3.63, 3.8) is 0 Å². The van der Waals surface area contributed by atoms with Crippen LogP contribution in [-0.2, 0) is 0 Å². The van der Waals surface area contributed by atoms with Crippen molar-refractivity contribution in [2.75, 3.05) is 7.11 Å². The number of nitrogens with zero attached hydrogens (tertiary/aromatic N) is 2. The summed E-state index contributed by atoms with van der Waals surface area (Å²) >= 11 is 0. The lowest BCUT2D eigenvalue weighted by molar-refractivity contribution is 0.415. The Kier molecular flexibility index (Phi) is 4.66. The van der Waals surface area contributed by atoms with E-state index >= 15 is 0 Å². The van der Waals surface area contributed by atoms with E-state index in [0.717, 1.165) is 5.56 Å². The molecular formula is C21H16N4O4. The third-order valence-corrected chi connectivity index (χ3v) is 4.33. The Morgan fingerprint density at radius 2 is 1.66 bits per heavy atom. The molecule has 2 heterocycles. The second-order valence-corrected chi connectivity index (χ2v) is 6.19. The predicted octanol–water partition coefficient (Wildman–Crippen LogP) is 1.11. The molecule has 0 fully saturated rings.